The average Bonchev–Trinajstić information content (AvgIpc) is 2.31. The van der Waals surface area contributed by atoms with Gasteiger partial charge in [0.15, 0.2) is 0 Å². The van der Waals surface area contributed by atoms with Crippen molar-refractivity contribution in [1.29, 1.82) is 0 Å². The highest BCUT2D eigenvalue weighted by atomic mass is 35.5. The Morgan fingerprint density at radius 2 is 1.93 bits per heavy atom. The second-order valence-electron chi connectivity index (χ2n) is 3.00. The van der Waals surface area contributed by atoms with Gasteiger partial charge in [-0.2, -0.15) is 0 Å². The zero-order valence-corrected chi connectivity index (χ0v) is 8.72. The lowest BCUT2D eigenvalue weighted by molar-refractivity contribution is 1.15. The maximum Gasteiger partial charge on any atom is 0.116 e. The molecule has 0 unspecified atom stereocenters. The van der Waals surface area contributed by atoms with Gasteiger partial charge in [-0.05, 0) is 17.7 Å². The SMILES string of the molecule is ClC(=Cc1ccccc1)c1ccncn1. The summed E-state index contributed by atoms with van der Waals surface area (Å²) in [5.41, 5.74) is 1.79. The fraction of sp³-hybridized carbons (Fsp3) is 0. The minimum atomic E-state index is 0.614. The molecule has 0 saturated heterocycles. The van der Waals surface area contributed by atoms with Crippen molar-refractivity contribution in [2.45, 2.75) is 0 Å². The molecule has 74 valence electrons. The van der Waals surface area contributed by atoms with Crippen molar-refractivity contribution in [3.8, 4) is 0 Å². The van der Waals surface area contributed by atoms with Gasteiger partial charge in [0.05, 0.1) is 10.7 Å². The third-order valence-corrected chi connectivity index (χ3v) is 2.22. The Balaban J connectivity index is 2.29. The number of halogens is 1. The van der Waals surface area contributed by atoms with Crippen LogP contribution in [0.15, 0.2) is 48.9 Å². The highest BCUT2D eigenvalue weighted by molar-refractivity contribution is 6.51. The Morgan fingerprint density at radius 3 is 2.60 bits per heavy atom. The van der Waals surface area contributed by atoms with Crippen LogP contribution in [0.3, 0.4) is 0 Å². The van der Waals surface area contributed by atoms with Crippen LogP contribution >= 0.6 is 11.6 Å². The highest BCUT2D eigenvalue weighted by Gasteiger charge is 1.98. The summed E-state index contributed by atoms with van der Waals surface area (Å²) in [4.78, 5) is 7.90. The first kappa shape index (κ1) is 9.87. The van der Waals surface area contributed by atoms with E-state index in [9.17, 15) is 0 Å². The van der Waals surface area contributed by atoms with E-state index in [1.807, 2.05) is 36.4 Å². The molecule has 1 aromatic heterocycles. The zero-order chi connectivity index (χ0) is 10.5. The molecule has 2 rings (SSSR count). The lowest BCUT2D eigenvalue weighted by Crippen LogP contribution is -1.84. The van der Waals surface area contributed by atoms with Gasteiger partial charge >= 0.3 is 0 Å². The van der Waals surface area contributed by atoms with Crippen molar-refractivity contribution < 1.29 is 0 Å². The van der Waals surface area contributed by atoms with Gasteiger partial charge in [0.2, 0.25) is 0 Å². The van der Waals surface area contributed by atoms with Crippen LogP contribution in [0.5, 0.6) is 0 Å². The Kier molecular flexibility index (Phi) is 3.10. The molecule has 0 aliphatic heterocycles. The van der Waals surface area contributed by atoms with Gasteiger partial charge in [-0.1, -0.05) is 41.9 Å². The first-order chi connectivity index (χ1) is 7.36. The van der Waals surface area contributed by atoms with Crippen LogP contribution in [-0.2, 0) is 0 Å². The van der Waals surface area contributed by atoms with E-state index in [4.69, 9.17) is 11.6 Å². The minimum absolute atomic E-state index is 0.614. The summed E-state index contributed by atoms with van der Waals surface area (Å²) in [5, 5.41) is 0.614. The second-order valence-corrected chi connectivity index (χ2v) is 3.40. The third-order valence-electron chi connectivity index (χ3n) is 1.92. The number of benzene rings is 1. The largest absolute Gasteiger partial charge is 0.245 e. The molecule has 0 saturated carbocycles. The molecular weight excluding hydrogens is 208 g/mol. The molecule has 3 heteroatoms. The maximum absolute atomic E-state index is 6.11. The Hall–Kier alpha value is -1.67. The molecule has 0 aliphatic rings. The van der Waals surface area contributed by atoms with Crippen molar-refractivity contribution in [3.63, 3.8) is 0 Å². The molecule has 2 nitrogen and oxygen atoms in total. The third kappa shape index (κ3) is 2.64. The van der Waals surface area contributed by atoms with Gasteiger partial charge in [-0.3, -0.25) is 0 Å². The first-order valence-corrected chi connectivity index (χ1v) is 4.93. The van der Waals surface area contributed by atoms with Gasteiger partial charge in [0, 0.05) is 6.20 Å². The standard InChI is InChI=1S/C12H9ClN2/c13-11(12-6-7-14-9-15-12)8-10-4-2-1-3-5-10/h1-9H. The number of nitrogens with zero attached hydrogens (tertiary/aromatic N) is 2. The molecule has 0 spiro atoms. The summed E-state index contributed by atoms with van der Waals surface area (Å²) in [5.74, 6) is 0. The van der Waals surface area contributed by atoms with Crippen molar-refractivity contribution in [3.05, 3.63) is 60.2 Å². The number of rotatable bonds is 2. The van der Waals surface area contributed by atoms with E-state index in [1.54, 1.807) is 12.3 Å². The number of hydrogen-bond acceptors (Lipinski definition) is 2. The molecule has 1 aromatic carbocycles. The fourth-order valence-electron chi connectivity index (χ4n) is 1.20. The number of aromatic nitrogens is 2. The summed E-state index contributed by atoms with van der Waals surface area (Å²) >= 11 is 6.11. The molecule has 0 fully saturated rings. The summed E-state index contributed by atoms with van der Waals surface area (Å²) in [6, 6.07) is 11.7. The van der Waals surface area contributed by atoms with Crippen LogP contribution in [0, 0.1) is 0 Å². The van der Waals surface area contributed by atoms with Gasteiger partial charge in [-0.25, -0.2) is 9.97 Å². The Morgan fingerprint density at radius 1 is 1.13 bits per heavy atom. The molecule has 2 aromatic rings. The van der Waals surface area contributed by atoms with Gasteiger partial charge < -0.3 is 0 Å². The molecule has 0 N–H and O–H groups in total. The van der Waals surface area contributed by atoms with Crippen molar-refractivity contribution >= 4 is 22.7 Å². The van der Waals surface area contributed by atoms with Crippen LogP contribution in [0.4, 0.5) is 0 Å². The van der Waals surface area contributed by atoms with E-state index in [1.165, 1.54) is 6.33 Å². The van der Waals surface area contributed by atoms with E-state index in [0.717, 1.165) is 11.3 Å². The second kappa shape index (κ2) is 4.71. The molecule has 0 atom stereocenters. The van der Waals surface area contributed by atoms with Crippen molar-refractivity contribution in [2.24, 2.45) is 0 Å². The Labute approximate surface area is 93.3 Å². The fourth-order valence-corrected chi connectivity index (χ4v) is 1.44. The van der Waals surface area contributed by atoms with Crippen LogP contribution in [0.25, 0.3) is 11.1 Å². The predicted molar refractivity (Wildman–Crippen MR) is 62.2 cm³/mol. The van der Waals surface area contributed by atoms with E-state index in [-0.39, 0.29) is 0 Å². The quantitative estimate of drug-likeness (QED) is 0.771. The van der Waals surface area contributed by atoms with E-state index in [2.05, 4.69) is 9.97 Å². The summed E-state index contributed by atoms with van der Waals surface area (Å²) in [6.07, 6.45) is 5.03. The smallest absolute Gasteiger partial charge is 0.116 e. The summed E-state index contributed by atoms with van der Waals surface area (Å²) < 4.78 is 0. The van der Waals surface area contributed by atoms with E-state index in [0.29, 0.717) is 5.03 Å². The minimum Gasteiger partial charge on any atom is -0.245 e. The molecule has 0 radical (unpaired) electrons. The van der Waals surface area contributed by atoms with E-state index >= 15 is 0 Å². The highest BCUT2D eigenvalue weighted by Crippen LogP contribution is 2.19. The molecular formula is C12H9ClN2. The van der Waals surface area contributed by atoms with Gasteiger partial charge in [-0.15, -0.1) is 0 Å². The first-order valence-electron chi connectivity index (χ1n) is 4.55. The van der Waals surface area contributed by atoms with Crippen molar-refractivity contribution in [2.75, 3.05) is 0 Å². The number of hydrogen-bond donors (Lipinski definition) is 0. The average molecular weight is 217 g/mol. The van der Waals surface area contributed by atoms with Gasteiger partial charge in [0.1, 0.15) is 6.33 Å². The molecule has 1 heterocycles. The summed E-state index contributed by atoms with van der Waals surface area (Å²) in [7, 11) is 0. The van der Waals surface area contributed by atoms with Crippen LogP contribution in [0.2, 0.25) is 0 Å². The molecule has 0 amide bonds. The predicted octanol–water partition coefficient (Wildman–Crippen LogP) is 3.21. The molecule has 0 aliphatic carbocycles. The summed E-state index contributed by atoms with van der Waals surface area (Å²) in [6.45, 7) is 0. The van der Waals surface area contributed by atoms with Gasteiger partial charge in [0.25, 0.3) is 0 Å². The van der Waals surface area contributed by atoms with Crippen LogP contribution < -0.4 is 0 Å². The lowest BCUT2D eigenvalue weighted by Gasteiger charge is -1.97. The van der Waals surface area contributed by atoms with Crippen molar-refractivity contribution in [1.82, 2.24) is 9.97 Å². The Bertz CT molecular complexity index is 452. The lowest BCUT2D eigenvalue weighted by atomic mass is 10.2. The topological polar surface area (TPSA) is 25.8 Å². The molecule has 15 heavy (non-hydrogen) atoms. The zero-order valence-electron chi connectivity index (χ0n) is 7.97. The normalized spacial score (nSPS) is 11.4. The van der Waals surface area contributed by atoms with E-state index < -0.39 is 0 Å². The molecule has 0 bridgehead atoms. The van der Waals surface area contributed by atoms with Crippen LogP contribution in [0.1, 0.15) is 11.3 Å². The maximum atomic E-state index is 6.11. The van der Waals surface area contributed by atoms with Crippen LogP contribution in [-0.4, -0.2) is 9.97 Å². The monoisotopic (exact) mass is 216 g/mol.